The molecule has 0 aromatic heterocycles. The summed E-state index contributed by atoms with van der Waals surface area (Å²) in [6.07, 6.45) is 4.77. The zero-order chi connectivity index (χ0) is 8.53. The van der Waals surface area contributed by atoms with Crippen LogP contribution in [0.4, 0.5) is 0 Å². The van der Waals surface area contributed by atoms with Gasteiger partial charge in [0.1, 0.15) is 0 Å². The van der Waals surface area contributed by atoms with Gasteiger partial charge in [0.05, 0.1) is 6.61 Å². The van der Waals surface area contributed by atoms with Crippen molar-refractivity contribution in [2.45, 2.75) is 39.5 Å². The Bertz CT molecular complexity index is 94.1. The fourth-order valence-electron chi connectivity index (χ4n) is 0.933. The largest absolute Gasteiger partial charge is 0.327 e. The zero-order valence-electron chi connectivity index (χ0n) is 7.38. The predicted molar refractivity (Wildman–Crippen MR) is 46.9 cm³/mol. The van der Waals surface area contributed by atoms with Crippen molar-refractivity contribution in [3.63, 3.8) is 0 Å². The van der Waals surface area contributed by atoms with Gasteiger partial charge in [0, 0.05) is 0 Å². The lowest BCUT2D eigenvalue weighted by Gasteiger charge is -2.02. The maximum atomic E-state index is 9.82. The highest BCUT2D eigenvalue weighted by Gasteiger charge is 1.93. The Balaban J connectivity index is 2.85. The third-order valence-corrected chi connectivity index (χ3v) is 1.86. The Morgan fingerprint density at radius 2 is 2.00 bits per heavy atom. The Morgan fingerprint density at radius 3 is 2.55 bits per heavy atom. The summed E-state index contributed by atoms with van der Waals surface area (Å²) < 4.78 is 14.5. The van der Waals surface area contributed by atoms with E-state index in [1.807, 2.05) is 0 Å². The standard InChI is InChI=1S/C8H17O2P/c1-8(2)6-4-3-5-7-10-11-9/h8H,3-7H2,1-2H3. The maximum Gasteiger partial charge on any atom is 0.327 e. The molecule has 0 saturated heterocycles. The summed E-state index contributed by atoms with van der Waals surface area (Å²) in [4.78, 5) is 0. The Morgan fingerprint density at radius 1 is 1.27 bits per heavy atom. The molecule has 0 saturated carbocycles. The summed E-state index contributed by atoms with van der Waals surface area (Å²) in [6.45, 7) is 5.09. The molecule has 0 fully saturated rings. The van der Waals surface area contributed by atoms with Gasteiger partial charge in [0.2, 0.25) is 0 Å². The van der Waals surface area contributed by atoms with Crippen molar-refractivity contribution in [2.24, 2.45) is 5.92 Å². The van der Waals surface area contributed by atoms with Crippen molar-refractivity contribution in [3.05, 3.63) is 0 Å². The fraction of sp³-hybridized carbons (Fsp3) is 1.00. The van der Waals surface area contributed by atoms with E-state index in [0.29, 0.717) is 6.61 Å². The molecule has 0 radical (unpaired) electrons. The monoisotopic (exact) mass is 176 g/mol. The van der Waals surface area contributed by atoms with Gasteiger partial charge in [-0.1, -0.05) is 33.1 Å². The molecule has 2 nitrogen and oxygen atoms in total. The van der Waals surface area contributed by atoms with E-state index in [2.05, 4.69) is 18.4 Å². The van der Waals surface area contributed by atoms with Crippen LogP contribution in [0.15, 0.2) is 0 Å². The second kappa shape index (κ2) is 8.16. The summed E-state index contributed by atoms with van der Waals surface area (Å²) in [5.41, 5.74) is 0. The molecule has 0 unspecified atom stereocenters. The molecule has 0 aliphatic carbocycles. The average molecular weight is 176 g/mol. The van der Waals surface area contributed by atoms with Crippen molar-refractivity contribution in [2.75, 3.05) is 6.61 Å². The van der Waals surface area contributed by atoms with E-state index in [0.717, 1.165) is 12.3 Å². The third-order valence-electron chi connectivity index (χ3n) is 1.57. The molecule has 0 rings (SSSR count). The average Bonchev–Trinajstić information content (AvgIpc) is 1.96. The summed E-state index contributed by atoms with van der Waals surface area (Å²) >= 11 is 0. The molecule has 0 aliphatic rings. The van der Waals surface area contributed by atoms with Gasteiger partial charge in [-0.2, -0.15) is 0 Å². The lowest BCUT2D eigenvalue weighted by atomic mass is 10.1. The number of unbranched alkanes of at least 4 members (excludes halogenated alkanes) is 2. The van der Waals surface area contributed by atoms with Crippen molar-refractivity contribution in [3.8, 4) is 0 Å². The molecule has 0 aliphatic heterocycles. The third kappa shape index (κ3) is 10.1. The lowest BCUT2D eigenvalue weighted by Crippen LogP contribution is -1.89. The van der Waals surface area contributed by atoms with Crippen LogP contribution in [0.1, 0.15) is 39.5 Å². The Hall–Kier alpha value is 0.0600. The van der Waals surface area contributed by atoms with Crippen LogP contribution in [0.3, 0.4) is 0 Å². The van der Waals surface area contributed by atoms with Crippen molar-refractivity contribution < 1.29 is 9.09 Å². The van der Waals surface area contributed by atoms with E-state index in [9.17, 15) is 4.57 Å². The molecule has 11 heavy (non-hydrogen) atoms. The number of hydrogen-bond acceptors (Lipinski definition) is 2. The van der Waals surface area contributed by atoms with Gasteiger partial charge in [-0.05, 0) is 12.3 Å². The van der Waals surface area contributed by atoms with Gasteiger partial charge in [-0.15, -0.1) is 0 Å². The Kier molecular flexibility index (Phi) is 8.20. The minimum Gasteiger partial charge on any atom is -0.294 e. The summed E-state index contributed by atoms with van der Waals surface area (Å²) in [7, 11) is -0.185. The van der Waals surface area contributed by atoms with E-state index in [-0.39, 0.29) is 8.69 Å². The molecule has 0 spiro atoms. The van der Waals surface area contributed by atoms with Crippen LogP contribution in [0.25, 0.3) is 0 Å². The number of rotatable bonds is 7. The summed E-state index contributed by atoms with van der Waals surface area (Å²) in [6, 6.07) is 0. The van der Waals surface area contributed by atoms with Crippen molar-refractivity contribution in [1.82, 2.24) is 0 Å². The van der Waals surface area contributed by atoms with Crippen LogP contribution in [0, 0.1) is 5.92 Å². The van der Waals surface area contributed by atoms with Crippen LogP contribution < -0.4 is 0 Å². The van der Waals surface area contributed by atoms with Crippen LogP contribution >= 0.6 is 8.69 Å². The quantitative estimate of drug-likeness (QED) is 0.438. The maximum absolute atomic E-state index is 9.82. The van der Waals surface area contributed by atoms with Gasteiger partial charge < -0.3 is 0 Å². The second-order valence-corrected chi connectivity index (χ2v) is 3.56. The molecule has 0 N–H and O–H groups in total. The van der Waals surface area contributed by atoms with E-state index >= 15 is 0 Å². The normalized spacial score (nSPS) is 11.2. The first-order chi connectivity index (χ1) is 5.27. The molecular weight excluding hydrogens is 159 g/mol. The van der Waals surface area contributed by atoms with Crippen molar-refractivity contribution in [1.29, 1.82) is 0 Å². The molecule has 66 valence electrons. The first-order valence-corrected chi connectivity index (χ1v) is 4.95. The molecule has 0 aromatic carbocycles. The van der Waals surface area contributed by atoms with Gasteiger partial charge in [0.15, 0.2) is 0 Å². The van der Waals surface area contributed by atoms with Gasteiger partial charge in [-0.25, -0.2) is 4.57 Å². The first-order valence-electron chi connectivity index (χ1n) is 4.22. The zero-order valence-corrected chi connectivity index (χ0v) is 8.27. The van der Waals surface area contributed by atoms with Crippen LogP contribution in [0.2, 0.25) is 0 Å². The summed E-state index contributed by atoms with van der Waals surface area (Å²) in [5, 5.41) is 0. The Labute approximate surface area is 70.6 Å². The topological polar surface area (TPSA) is 26.3 Å². The highest BCUT2D eigenvalue weighted by molar-refractivity contribution is 7.17. The molecule has 0 heterocycles. The SMILES string of the molecule is CC(C)CCCCCOP=O. The highest BCUT2D eigenvalue weighted by atomic mass is 31.1. The van der Waals surface area contributed by atoms with Gasteiger partial charge >= 0.3 is 8.69 Å². The smallest absolute Gasteiger partial charge is 0.294 e. The van der Waals surface area contributed by atoms with E-state index < -0.39 is 0 Å². The van der Waals surface area contributed by atoms with Gasteiger partial charge in [0.25, 0.3) is 0 Å². The van der Waals surface area contributed by atoms with Crippen molar-refractivity contribution >= 4 is 8.69 Å². The molecule has 0 aromatic rings. The second-order valence-electron chi connectivity index (χ2n) is 3.15. The highest BCUT2D eigenvalue weighted by Crippen LogP contribution is 2.08. The van der Waals surface area contributed by atoms with E-state index in [4.69, 9.17) is 0 Å². The van der Waals surface area contributed by atoms with E-state index in [1.165, 1.54) is 19.3 Å². The fourth-order valence-corrected chi connectivity index (χ4v) is 1.14. The molecule has 0 atom stereocenters. The van der Waals surface area contributed by atoms with Crippen LogP contribution in [-0.4, -0.2) is 6.61 Å². The van der Waals surface area contributed by atoms with Crippen LogP contribution in [0.5, 0.6) is 0 Å². The first kappa shape index (κ1) is 11.1. The molecule has 0 bridgehead atoms. The van der Waals surface area contributed by atoms with Crippen LogP contribution in [-0.2, 0) is 9.09 Å². The van der Waals surface area contributed by atoms with E-state index in [1.54, 1.807) is 0 Å². The minimum absolute atomic E-state index is 0.185. The lowest BCUT2D eigenvalue weighted by molar-refractivity contribution is 0.326. The number of hydrogen-bond donors (Lipinski definition) is 0. The molecular formula is C8H17O2P. The predicted octanol–water partition coefficient (Wildman–Crippen LogP) is 3.43. The molecule has 3 heteroatoms. The minimum atomic E-state index is -0.185. The molecule has 0 amide bonds. The summed E-state index contributed by atoms with van der Waals surface area (Å²) in [5.74, 6) is 0.800. The van der Waals surface area contributed by atoms with Gasteiger partial charge in [-0.3, -0.25) is 4.52 Å².